The van der Waals surface area contributed by atoms with E-state index in [1.54, 1.807) is 6.07 Å². The van der Waals surface area contributed by atoms with E-state index >= 15 is 0 Å². The van der Waals surface area contributed by atoms with Crippen molar-refractivity contribution in [1.29, 1.82) is 0 Å². The van der Waals surface area contributed by atoms with Crippen LogP contribution in [0.1, 0.15) is 44.1 Å². The van der Waals surface area contributed by atoms with Gasteiger partial charge in [0.15, 0.2) is 0 Å². The molecule has 1 heterocycles. The number of alkyl halides is 3. The van der Waals surface area contributed by atoms with Crippen molar-refractivity contribution in [2.45, 2.75) is 44.9 Å². The number of nitrogens with one attached hydrogen (secondary N) is 1. The number of benzene rings is 1. The van der Waals surface area contributed by atoms with Crippen molar-refractivity contribution in [3.05, 3.63) is 30.0 Å². The maximum atomic E-state index is 12.3. The zero-order valence-corrected chi connectivity index (χ0v) is 11.8. The molecule has 1 N–H and O–H groups in total. The van der Waals surface area contributed by atoms with E-state index in [4.69, 9.17) is 0 Å². The van der Waals surface area contributed by atoms with Crippen LogP contribution in [0.15, 0.2) is 24.4 Å². The standard InChI is InChI=1S/C16H18F3NO/c1-10-2-4-11(5-3-10)14-9-20-15-7-6-12(8-13(14)15)21-16(17,18)19/h6-11,20H,2-5H2,1H3. The number of halogens is 3. The van der Waals surface area contributed by atoms with Gasteiger partial charge in [-0.3, -0.25) is 0 Å². The molecule has 0 unspecified atom stereocenters. The number of aromatic nitrogens is 1. The first-order valence-corrected chi connectivity index (χ1v) is 7.29. The predicted octanol–water partition coefficient (Wildman–Crippen LogP) is 5.36. The van der Waals surface area contributed by atoms with Gasteiger partial charge in [0, 0.05) is 17.1 Å². The van der Waals surface area contributed by atoms with Crippen LogP contribution in [0.2, 0.25) is 0 Å². The van der Waals surface area contributed by atoms with E-state index in [0.717, 1.165) is 35.2 Å². The number of aromatic amines is 1. The van der Waals surface area contributed by atoms with Gasteiger partial charge >= 0.3 is 6.36 Å². The van der Waals surface area contributed by atoms with Gasteiger partial charge in [-0.2, -0.15) is 0 Å². The fourth-order valence-corrected chi connectivity index (χ4v) is 3.23. The SMILES string of the molecule is CC1CCC(c2c[nH]c3ccc(OC(F)(F)F)cc23)CC1. The third kappa shape index (κ3) is 3.17. The molecule has 1 fully saturated rings. The van der Waals surface area contributed by atoms with Gasteiger partial charge in [0.2, 0.25) is 0 Å². The average molecular weight is 297 g/mol. The molecule has 1 aliphatic carbocycles. The molecule has 1 aromatic carbocycles. The third-order valence-electron chi connectivity index (χ3n) is 4.37. The van der Waals surface area contributed by atoms with E-state index in [2.05, 4.69) is 16.6 Å². The summed E-state index contributed by atoms with van der Waals surface area (Å²) in [6, 6.07) is 4.48. The molecule has 2 aromatic rings. The Morgan fingerprint density at radius 1 is 1.14 bits per heavy atom. The molecule has 0 spiro atoms. The van der Waals surface area contributed by atoms with Crippen LogP contribution in [0.4, 0.5) is 13.2 Å². The molecule has 1 aromatic heterocycles. The Labute approximate surface area is 121 Å². The summed E-state index contributed by atoms with van der Waals surface area (Å²) in [5, 5.41) is 0.844. The second-order valence-corrected chi connectivity index (χ2v) is 5.96. The highest BCUT2D eigenvalue weighted by molar-refractivity contribution is 5.85. The molecule has 114 valence electrons. The minimum Gasteiger partial charge on any atom is -0.406 e. The Hall–Kier alpha value is -1.65. The Morgan fingerprint density at radius 2 is 1.86 bits per heavy atom. The van der Waals surface area contributed by atoms with Gasteiger partial charge in [-0.15, -0.1) is 13.2 Å². The van der Waals surface area contributed by atoms with Gasteiger partial charge in [-0.25, -0.2) is 0 Å². The molecule has 1 saturated carbocycles. The first-order valence-electron chi connectivity index (χ1n) is 7.29. The zero-order chi connectivity index (χ0) is 15.0. The molecule has 0 saturated heterocycles. The molecule has 0 aliphatic heterocycles. The normalized spacial score (nSPS) is 23.4. The topological polar surface area (TPSA) is 25.0 Å². The summed E-state index contributed by atoms with van der Waals surface area (Å²) in [5.41, 5.74) is 1.97. The quantitative estimate of drug-likeness (QED) is 0.793. The zero-order valence-electron chi connectivity index (χ0n) is 11.8. The lowest BCUT2D eigenvalue weighted by Gasteiger charge is -2.26. The van der Waals surface area contributed by atoms with Crippen LogP contribution in [-0.4, -0.2) is 11.3 Å². The third-order valence-corrected chi connectivity index (χ3v) is 4.37. The number of rotatable bonds is 2. The molecule has 0 bridgehead atoms. The highest BCUT2D eigenvalue weighted by Gasteiger charge is 2.31. The summed E-state index contributed by atoms with van der Waals surface area (Å²) < 4.78 is 41.0. The first-order chi connectivity index (χ1) is 9.92. The van der Waals surface area contributed by atoms with Crippen LogP contribution in [0, 0.1) is 5.92 Å². The van der Waals surface area contributed by atoms with Gasteiger partial charge < -0.3 is 9.72 Å². The van der Waals surface area contributed by atoms with Gasteiger partial charge in [0.25, 0.3) is 0 Å². The van der Waals surface area contributed by atoms with Crippen LogP contribution < -0.4 is 4.74 Å². The molecular weight excluding hydrogens is 279 g/mol. The molecule has 1 aliphatic rings. The van der Waals surface area contributed by atoms with Crippen molar-refractivity contribution < 1.29 is 17.9 Å². The Balaban J connectivity index is 1.90. The number of hydrogen-bond donors (Lipinski definition) is 1. The van der Waals surface area contributed by atoms with Crippen LogP contribution in [0.3, 0.4) is 0 Å². The summed E-state index contributed by atoms with van der Waals surface area (Å²) in [5.74, 6) is 1.02. The molecule has 2 nitrogen and oxygen atoms in total. The largest absolute Gasteiger partial charge is 0.573 e. The van der Waals surface area contributed by atoms with Crippen molar-refractivity contribution in [2.24, 2.45) is 5.92 Å². The first kappa shape index (κ1) is 14.3. The maximum Gasteiger partial charge on any atom is 0.573 e. The van der Waals surface area contributed by atoms with Gasteiger partial charge in [-0.05, 0) is 48.4 Å². The second-order valence-electron chi connectivity index (χ2n) is 5.96. The molecule has 0 amide bonds. The molecule has 5 heteroatoms. The fraction of sp³-hybridized carbons (Fsp3) is 0.500. The maximum absolute atomic E-state index is 12.3. The smallest absolute Gasteiger partial charge is 0.406 e. The van der Waals surface area contributed by atoms with E-state index in [1.165, 1.54) is 25.0 Å². The number of ether oxygens (including phenoxy) is 1. The summed E-state index contributed by atoms with van der Waals surface area (Å²) in [6.07, 6.45) is 1.83. The summed E-state index contributed by atoms with van der Waals surface area (Å²) >= 11 is 0. The second kappa shape index (κ2) is 5.28. The molecular formula is C16H18F3NO. The van der Waals surface area contributed by atoms with Gasteiger partial charge in [-0.1, -0.05) is 19.8 Å². The van der Waals surface area contributed by atoms with E-state index in [1.807, 2.05) is 6.20 Å². The van der Waals surface area contributed by atoms with Crippen molar-refractivity contribution in [1.82, 2.24) is 4.98 Å². The minimum atomic E-state index is -4.65. The average Bonchev–Trinajstić information content (AvgIpc) is 2.81. The van der Waals surface area contributed by atoms with Crippen molar-refractivity contribution >= 4 is 10.9 Å². The van der Waals surface area contributed by atoms with Gasteiger partial charge in [0.1, 0.15) is 5.75 Å². The highest BCUT2D eigenvalue weighted by atomic mass is 19.4. The summed E-state index contributed by atoms with van der Waals surface area (Å²) in [4.78, 5) is 3.15. The number of fused-ring (bicyclic) bond motifs is 1. The van der Waals surface area contributed by atoms with E-state index in [0.29, 0.717) is 5.92 Å². The number of H-pyrrole nitrogens is 1. The predicted molar refractivity (Wildman–Crippen MR) is 75.4 cm³/mol. The van der Waals surface area contributed by atoms with Crippen molar-refractivity contribution in [3.63, 3.8) is 0 Å². The Kier molecular flexibility index (Phi) is 3.59. The van der Waals surface area contributed by atoms with E-state index < -0.39 is 6.36 Å². The lowest BCUT2D eigenvalue weighted by atomic mass is 9.79. The number of hydrogen-bond acceptors (Lipinski definition) is 1. The van der Waals surface area contributed by atoms with Crippen LogP contribution in [0.25, 0.3) is 10.9 Å². The molecule has 21 heavy (non-hydrogen) atoms. The highest BCUT2D eigenvalue weighted by Crippen LogP contribution is 2.39. The monoisotopic (exact) mass is 297 g/mol. The molecule has 0 radical (unpaired) electrons. The lowest BCUT2D eigenvalue weighted by Crippen LogP contribution is -2.17. The summed E-state index contributed by atoms with van der Waals surface area (Å²) in [6.45, 7) is 2.25. The molecule has 0 atom stereocenters. The van der Waals surface area contributed by atoms with Crippen molar-refractivity contribution in [3.8, 4) is 5.75 Å². The minimum absolute atomic E-state index is 0.153. The Morgan fingerprint density at radius 3 is 2.52 bits per heavy atom. The molecule has 3 rings (SSSR count). The summed E-state index contributed by atoms with van der Waals surface area (Å²) in [7, 11) is 0. The van der Waals surface area contributed by atoms with E-state index in [9.17, 15) is 13.2 Å². The van der Waals surface area contributed by atoms with Gasteiger partial charge in [0.05, 0.1) is 0 Å². The lowest BCUT2D eigenvalue weighted by molar-refractivity contribution is -0.274. The van der Waals surface area contributed by atoms with Crippen LogP contribution >= 0.6 is 0 Å². The Bertz CT molecular complexity index is 624. The van der Waals surface area contributed by atoms with Crippen LogP contribution in [-0.2, 0) is 0 Å². The van der Waals surface area contributed by atoms with Crippen LogP contribution in [0.5, 0.6) is 5.75 Å². The fourth-order valence-electron chi connectivity index (χ4n) is 3.23. The van der Waals surface area contributed by atoms with E-state index in [-0.39, 0.29) is 5.75 Å². The van der Waals surface area contributed by atoms with Crippen molar-refractivity contribution in [2.75, 3.05) is 0 Å².